The number of ether oxygens (including phenoxy) is 1. The molecular weight excluding hydrogens is 350 g/mol. The van der Waals surface area contributed by atoms with Crippen molar-refractivity contribution in [3.63, 3.8) is 0 Å². The molecule has 1 N–H and O–H groups in total. The van der Waals surface area contributed by atoms with Crippen LogP contribution in [-0.4, -0.2) is 18.8 Å². The summed E-state index contributed by atoms with van der Waals surface area (Å²) in [6.45, 7) is 1.97. The van der Waals surface area contributed by atoms with Gasteiger partial charge in [0.25, 0.3) is 5.91 Å². The zero-order valence-electron chi connectivity index (χ0n) is 11.9. The maximum absolute atomic E-state index is 11.9. The molecule has 5 heteroatoms. The van der Waals surface area contributed by atoms with E-state index in [2.05, 4.69) is 21.2 Å². The molecule has 110 valence electrons. The number of benzene rings is 2. The second-order valence-electron chi connectivity index (χ2n) is 4.48. The molecule has 0 saturated carbocycles. The highest BCUT2D eigenvalue weighted by Crippen LogP contribution is 2.22. The lowest BCUT2D eigenvalue weighted by atomic mass is 10.2. The fourth-order valence-electron chi connectivity index (χ4n) is 1.75. The summed E-state index contributed by atoms with van der Waals surface area (Å²) in [6, 6.07) is 13.4. The SMILES string of the molecule is CSc1cccc(NC(=O)COc2ccc(Br)c(C)c2)c1. The Morgan fingerprint density at radius 3 is 2.81 bits per heavy atom. The Kier molecular flexibility index (Phi) is 5.70. The number of aryl methyl sites for hydroxylation is 1. The Bertz CT molecular complexity index is 646. The molecule has 0 radical (unpaired) electrons. The number of rotatable bonds is 5. The number of nitrogens with one attached hydrogen (secondary N) is 1. The van der Waals surface area contributed by atoms with Crippen LogP contribution in [-0.2, 0) is 4.79 Å². The molecule has 0 aliphatic carbocycles. The third-order valence-corrected chi connectivity index (χ3v) is 4.47. The van der Waals surface area contributed by atoms with Gasteiger partial charge in [0.2, 0.25) is 0 Å². The van der Waals surface area contributed by atoms with Gasteiger partial charge in [-0.05, 0) is 55.1 Å². The maximum atomic E-state index is 11.9. The van der Waals surface area contributed by atoms with Crippen LogP contribution < -0.4 is 10.1 Å². The van der Waals surface area contributed by atoms with Gasteiger partial charge in [0.15, 0.2) is 6.61 Å². The Morgan fingerprint density at radius 1 is 1.29 bits per heavy atom. The number of amides is 1. The standard InChI is InChI=1S/C16H16BrNO2S/c1-11-8-13(6-7-15(11)17)20-10-16(19)18-12-4-3-5-14(9-12)21-2/h3-9H,10H2,1-2H3,(H,18,19). The Morgan fingerprint density at radius 2 is 2.10 bits per heavy atom. The summed E-state index contributed by atoms with van der Waals surface area (Å²) in [5.41, 5.74) is 1.85. The first-order chi connectivity index (χ1) is 10.1. The molecule has 0 aromatic heterocycles. The van der Waals surface area contributed by atoms with Crippen molar-refractivity contribution in [3.05, 3.63) is 52.5 Å². The van der Waals surface area contributed by atoms with E-state index in [4.69, 9.17) is 4.74 Å². The molecule has 1 amide bonds. The van der Waals surface area contributed by atoms with Crippen molar-refractivity contribution in [3.8, 4) is 5.75 Å². The van der Waals surface area contributed by atoms with Gasteiger partial charge in [-0.3, -0.25) is 4.79 Å². The van der Waals surface area contributed by atoms with Gasteiger partial charge in [0.05, 0.1) is 0 Å². The molecule has 2 rings (SSSR count). The number of hydrogen-bond acceptors (Lipinski definition) is 3. The maximum Gasteiger partial charge on any atom is 0.262 e. The molecular formula is C16H16BrNO2S. The van der Waals surface area contributed by atoms with Gasteiger partial charge in [0.1, 0.15) is 5.75 Å². The summed E-state index contributed by atoms with van der Waals surface area (Å²) in [7, 11) is 0. The van der Waals surface area contributed by atoms with Crippen molar-refractivity contribution in [2.75, 3.05) is 18.2 Å². The minimum Gasteiger partial charge on any atom is -0.484 e. The summed E-state index contributed by atoms with van der Waals surface area (Å²) >= 11 is 5.07. The van der Waals surface area contributed by atoms with E-state index >= 15 is 0 Å². The molecule has 0 atom stereocenters. The van der Waals surface area contributed by atoms with E-state index in [1.807, 2.05) is 55.6 Å². The number of anilines is 1. The highest BCUT2D eigenvalue weighted by atomic mass is 79.9. The summed E-state index contributed by atoms with van der Waals surface area (Å²) in [6.07, 6.45) is 2.00. The highest BCUT2D eigenvalue weighted by molar-refractivity contribution is 9.10. The van der Waals surface area contributed by atoms with Crippen LogP contribution in [0.2, 0.25) is 0 Å². The molecule has 0 aliphatic heterocycles. The summed E-state index contributed by atoms with van der Waals surface area (Å²) in [5.74, 6) is 0.512. The lowest BCUT2D eigenvalue weighted by Crippen LogP contribution is -2.20. The number of carbonyl (C=O) groups excluding carboxylic acids is 1. The van der Waals surface area contributed by atoms with Crippen LogP contribution in [0.1, 0.15) is 5.56 Å². The second-order valence-corrected chi connectivity index (χ2v) is 6.21. The number of hydrogen-bond donors (Lipinski definition) is 1. The predicted molar refractivity (Wildman–Crippen MR) is 91.2 cm³/mol. The van der Waals surface area contributed by atoms with Crippen LogP contribution in [0.3, 0.4) is 0 Å². The summed E-state index contributed by atoms with van der Waals surface area (Å²) in [5, 5.41) is 2.83. The molecule has 0 fully saturated rings. The van der Waals surface area contributed by atoms with Crippen LogP contribution in [0, 0.1) is 6.92 Å². The summed E-state index contributed by atoms with van der Waals surface area (Å²) in [4.78, 5) is 13.0. The zero-order chi connectivity index (χ0) is 15.2. The monoisotopic (exact) mass is 365 g/mol. The quantitative estimate of drug-likeness (QED) is 0.792. The molecule has 0 unspecified atom stereocenters. The lowest BCUT2D eigenvalue weighted by molar-refractivity contribution is -0.118. The molecule has 0 bridgehead atoms. The molecule has 2 aromatic carbocycles. The Hall–Kier alpha value is -1.46. The minimum atomic E-state index is -0.172. The predicted octanol–water partition coefficient (Wildman–Crippen LogP) is 4.50. The molecule has 3 nitrogen and oxygen atoms in total. The Labute approximate surface area is 137 Å². The average molecular weight is 366 g/mol. The normalized spacial score (nSPS) is 10.2. The van der Waals surface area contributed by atoms with Crippen molar-refractivity contribution < 1.29 is 9.53 Å². The largest absolute Gasteiger partial charge is 0.484 e. The topological polar surface area (TPSA) is 38.3 Å². The molecule has 0 aliphatic rings. The molecule has 0 heterocycles. The smallest absolute Gasteiger partial charge is 0.262 e. The number of carbonyl (C=O) groups is 1. The van der Waals surface area contributed by atoms with Gasteiger partial charge < -0.3 is 10.1 Å². The van der Waals surface area contributed by atoms with Crippen molar-refractivity contribution in [2.45, 2.75) is 11.8 Å². The van der Waals surface area contributed by atoms with E-state index in [1.165, 1.54) is 0 Å². The van der Waals surface area contributed by atoms with Gasteiger partial charge in [0, 0.05) is 15.1 Å². The molecule has 2 aromatic rings. The van der Waals surface area contributed by atoms with E-state index < -0.39 is 0 Å². The van der Waals surface area contributed by atoms with E-state index in [0.717, 1.165) is 20.6 Å². The molecule has 0 spiro atoms. The van der Waals surface area contributed by atoms with E-state index in [1.54, 1.807) is 11.8 Å². The van der Waals surface area contributed by atoms with Crippen LogP contribution in [0.4, 0.5) is 5.69 Å². The zero-order valence-corrected chi connectivity index (χ0v) is 14.3. The first-order valence-corrected chi connectivity index (χ1v) is 8.43. The third-order valence-electron chi connectivity index (χ3n) is 2.85. The van der Waals surface area contributed by atoms with Gasteiger partial charge in [-0.1, -0.05) is 22.0 Å². The van der Waals surface area contributed by atoms with E-state index in [9.17, 15) is 4.79 Å². The number of halogens is 1. The van der Waals surface area contributed by atoms with Gasteiger partial charge >= 0.3 is 0 Å². The lowest BCUT2D eigenvalue weighted by Gasteiger charge is -2.09. The minimum absolute atomic E-state index is 0.00936. The van der Waals surface area contributed by atoms with E-state index in [0.29, 0.717) is 5.75 Å². The fourth-order valence-corrected chi connectivity index (χ4v) is 2.46. The summed E-state index contributed by atoms with van der Waals surface area (Å²) < 4.78 is 6.52. The van der Waals surface area contributed by atoms with Crippen LogP contribution in [0.25, 0.3) is 0 Å². The number of thioether (sulfide) groups is 1. The van der Waals surface area contributed by atoms with Gasteiger partial charge in [-0.2, -0.15) is 0 Å². The van der Waals surface area contributed by atoms with Crippen molar-refractivity contribution in [1.82, 2.24) is 0 Å². The van der Waals surface area contributed by atoms with Crippen LogP contribution >= 0.6 is 27.7 Å². The van der Waals surface area contributed by atoms with Gasteiger partial charge in [-0.25, -0.2) is 0 Å². The van der Waals surface area contributed by atoms with Gasteiger partial charge in [-0.15, -0.1) is 11.8 Å². The van der Waals surface area contributed by atoms with Crippen molar-refractivity contribution in [2.24, 2.45) is 0 Å². The van der Waals surface area contributed by atoms with E-state index in [-0.39, 0.29) is 12.5 Å². The van der Waals surface area contributed by atoms with Crippen LogP contribution in [0.5, 0.6) is 5.75 Å². The molecule has 21 heavy (non-hydrogen) atoms. The van der Waals surface area contributed by atoms with Crippen molar-refractivity contribution >= 4 is 39.3 Å². The third kappa shape index (κ3) is 4.79. The average Bonchev–Trinajstić information content (AvgIpc) is 2.48. The van der Waals surface area contributed by atoms with Crippen LogP contribution in [0.15, 0.2) is 51.8 Å². The Balaban J connectivity index is 1.90. The highest BCUT2D eigenvalue weighted by Gasteiger charge is 2.05. The fraction of sp³-hybridized carbons (Fsp3) is 0.188. The second kappa shape index (κ2) is 7.52. The first-order valence-electron chi connectivity index (χ1n) is 6.41. The first kappa shape index (κ1) is 15.9. The molecule has 0 saturated heterocycles. The van der Waals surface area contributed by atoms with Crippen molar-refractivity contribution in [1.29, 1.82) is 0 Å².